The molecule has 1 rings (SSSR count). The molecule has 0 aromatic rings. The summed E-state index contributed by atoms with van der Waals surface area (Å²) in [5.74, 6) is 0. The molecule has 0 aliphatic carbocycles. The number of nitrogens with zero attached hydrogens (tertiary/aromatic N) is 1. The summed E-state index contributed by atoms with van der Waals surface area (Å²) < 4.78 is 36.7. The van der Waals surface area contributed by atoms with Crippen LogP contribution in [-0.4, -0.2) is 35.2 Å². The normalized spacial score (nSPS) is 24.2. The van der Waals surface area contributed by atoms with Crippen molar-refractivity contribution in [3.05, 3.63) is 0 Å². The van der Waals surface area contributed by atoms with Crippen LogP contribution in [-0.2, 0) is 0 Å². The lowest BCUT2D eigenvalue weighted by molar-refractivity contribution is -0.137. The molecule has 1 atom stereocenters. The summed E-state index contributed by atoms with van der Waals surface area (Å²) in [6, 6.07) is 0. The lowest BCUT2D eigenvalue weighted by Gasteiger charge is -2.46. The van der Waals surface area contributed by atoms with Gasteiger partial charge in [-0.1, -0.05) is 0 Å². The molecule has 0 radical (unpaired) electrons. The molecule has 1 fully saturated rings. The number of alkyl halides is 3. The Morgan fingerprint density at radius 3 is 2.22 bits per heavy atom. The third-order valence-corrected chi connectivity index (χ3v) is 4.17. The van der Waals surface area contributed by atoms with Crippen molar-refractivity contribution in [2.45, 2.75) is 70.1 Å². The molecule has 1 aliphatic rings. The average molecular weight is 266 g/mol. The molecule has 5 heteroatoms. The zero-order valence-corrected chi connectivity index (χ0v) is 11.6. The van der Waals surface area contributed by atoms with Crippen molar-refractivity contribution in [2.75, 3.05) is 13.1 Å². The SMILES string of the molecule is CC1(C)CCCN1C(C)(CN)CCCC(F)(F)F. The summed E-state index contributed by atoms with van der Waals surface area (Å²) in [6.07, 6.45) is -1.92. The van der Waals surface area contributed by atoms with Crippen molar-refractivity contribution in [1.82, 2.24) is 4.90 Å². The summed E-state index contributed by atoms with van der Waals surface area (Å²) in [5.41, 5.74) is 5.57. The van der Waals surface area contributed by atoms with Gasteiger partial charge in [0.2, 0.25) is 0 Å². The number of halogens is 3. The molecular weight excluding hydrogens is 241 g/mol. The number of nitrogens with two attached hydrogens (primary N) is 1. The van der Waals surface area contributed by atoms with Gasteiger partial charge in [-0.05, 0) is 53.0 Å². The smallest absolute Gasteiger partial charge is 0.329 e. The van der Waals surface area contributed by atoms with E-state index >= 15 is 0 Å². The van der Waals surface area contributed by atoms with Crippen molar-refractivity contribution in [1.29, 1.82) is 0 Å². The zero-order chi connectivity index (χ0) is 14.0. The van der Waals surface area contributed by atoms with E-state index in [1.54, 1.807) is 0 Å². The summed E-state index contributed by atoms with van der Waals surface area (Å²) in [4.78, 5) is 2.30. The van der Waals surface area contributed by atoms with Crippen LogP contribution in [0.25, 0.3) is 0 Å². The molecule has 18 heavy (non-hydrogen) atoms. The van der Waals surface area contributed by atoms with E-state index in [-0.39, 0.29) is 17.5 Å². The molecule has 1 saturated heterocycles. The summed E-state index contributed by atoms with van der Waals surface area (Å²) in [7, 11) is 0. The second-order valence-corrected chi connectivity index (χ2v) is 6.24. The quantitative estimate of drug-likeness (QED) is 0.827. The Morgan fingerprint density at radius 2 is 1.83 bits per heavy atom. The van der Waals surface area contributed by atoms with Gasteiger partial charge in [0, 0.05) is 24.0 Å². The molecule has 0 spiro atoms. The lowest BCUT2D eigenvalue weighted by Crippen LogP contribution is -2.57. The Bertz CT molecular complexity index is 276. The summed E-state index contributed by atoms with van der Waals surface area (Å²) in [6.45, 7) is 7.65. The fourth-order valence-corrected chi connectivity index (χ4v) is 3.12. The highest BCUT2D eigenvalue weighted by Gasteiger charge is 2.43. The summed E-state index contributed by atoms with van der Waals surface area (Å²) >= 11 is 0. The van der Waals surface area contributed by atoms with Gasteiger partial charge in [-0.25, -0.2) is 0 Å². The van der Waals surface area contributed by atoms with Crippen LogP contribution in [0, 0.1) is 0 Å². The first-order valence-corrected chi connectivity index (χ1v) is 6.65. The molecule has 0 aromatic carbocycles. The monoisotopic (exact) mass is 266 g/mol. The Balaban J connectivity index is 2.62. The minimum absolute atomic E-state index is 0.0480. The maximum atomic E-state index is 12.2. The molecule has 0 aromatic heterocycles. The van der Waals surface area contributed by atoms with Crippen LogP contribution < -0.4 is 5.73 Å². The van der Waals surface area contributed by atoms with E-state index in [1.807, 2.05) is 6.92 Å². The highest BCUT2D eigenvalue weighted by Crippen LogP contribution is 2.37. The van der Waals surface area contributed by atoms with Crippen LogP contribution in [0.5, 0.6) is 0 Å². The zero-order valence-electron chi connectivity index (χ0n) is 11.6. The highest BCUT2D eigenvalue weighted by atomic mass is 19.4. The van der Waals surface area contributed by atoms with E-state index in [0.29, 0.717) is 13.0 Å². The number of likely N-dealkylation sites (tertiary alicyclic amines) is 1. The van der Waals surface area contributed by atoms with Crippen molar-refractivity contribution >= 4 is 0 Å². The van der Waals surface area contributed by atoms with Crippen LogP contribution in [0.1, 0.15) is 52.9 Å². The standard InChI is InChI=1S/C13H25F3N2/c1-11(2)6-5-9-18(11)12(3,10-17)7-4-8-13(14,15)16/h4-10,17H2,1-3H3. The van der Waals surface area contributed by atoms with Gasteiger partial charge in [0.15, 0.2) is 0 Å². The molecule has 1 unspecified atom stereocenters. The molecular formula is C13H25F3N2. The first-order chi connectivity index (χ1) is 8.11. The van der Waals surface area contributed by atoms with E-state index in [9.17, 15) is 13.2 Å². The fourth-order valence-electron chi connectivity index (χ4n) is 3.12. The van der Waals surface area contributed by atoms with Gasteiger partial charge >= 0.3 is 6.18 Å². The van der Waals surface area contributed by atoms with E-state index < -0.39 is 12.6 Å². The Kier molecular flexibility index (Phi) is 4.70. The van der Waals surface area contributed by atoms with E-state index in [0.717, 1.165) is 19.4 Å². The van der Waals surface area contributed by atoms with Gasteiger partial charge in [-0.2, -0.15) is 13.2 Å². The van der Waals surface area contributed by atoms with Crippen LogP contribution >= 0.6 is 0 Å². The van der Waals surface area contributed by atoms with Crippen LogP contribution in [0.2, 0.25) is 0 Å². The average Bonchev–Trinajstić information content (AvgIpc) is 2.56. The van der Waals surface area contributed by atoms with Gasteiger partial charge in [0.05, 0.1) is 0 Å². The first kappa shape index (κ1) is 15.8. The minimum atomic E-state index is -4.06. The van der Waals surface area contributed by atoms with Crippen molar-refractivity contribution in [3.8, 4) is 0 Å². The van der Waals surface area contributed by atoms with Crippen molar-refractivity contribution in [3.63, 3.8) is 0 Å². The lowest BCUT2D eigenvalue weighted by atomic mass is 9.88. The first-order valence-electron chi connectivity index (χ1n) is 6.65. The molecule has 2 nitrogen and oxygen atoms in total. The second-order valence-electron chi connectivity index (χ2n) is 6.24. The highest BCUT2D eigenvalue weighted by molar-refractivity contribution is 4.99. The molecule has 108 valence electrons. The van der Waals surface area contributed by atoms with Crippen LogP contribution in [0.4, 0.5) is 13.2 Å². The predicted octanol–water partition coefficient (Wildman–Crippen LogP) is 3.31. The fraction of sp³-hybridized carbons (Fsp3) is 1.00. The largest absolute Gasteiger partial charge is 0.389 e. The summed E-state index contributed by atoms with van der Waals surface area (Å²) in [5, 5.41) is 0. The van der Waals surface area contributed by atoms with Crippen molar-refractivity contribution < 1.29 is 13.2 Å². The van der Waals surface area contributed by atoms with Gasteiger partial charge in [0.25, 0.3) is 0 Å². The molecule has 0 amide bonds. The number of hydrogen-bond donors (Lipinski definition) is 1. The van der Waals surface area contributed by atoms with Gasteiger partial charge in [-0.15, -0.1) is 0 Å². The van der Waals surface area contributed by atoms with Crippen molar-refractivity contribution in [2.24, 2.45) is 5.73 Å². The minimum Gasteiger partial charge on any atom is -0.329 e. The number of hydrogen-bond acceptors (Lipinski definition) is 2. The third-order valence-electron chi connectivity index (χ3n) is 4.17. The molecule has 0 bridgehead atoms. The van der Waals surface area contributed by atoms with E-state index in [4.69, 9.17) is 5.73 Å². The predicted molar refractivity (Wildman–Crippen MR) is 67.4 cm³/mol. The molecule has 1 aliphatic heterocycles. The molecule has 2 N–H and O–H groups in total. The second kappa shape index (κ2) is 5.37. The maximum absolute atomic E-state index is 12.2. The maximum Gasteiger partial charge on any atom is 0.389 e. The van der Waals surface area contributed by atoms with Crippen LogP contribution in [0.3, 0.4) is 0 Å². The van der Waals surface area contributed by atoms with Crippen LogP contribution in [0.15, 0.2) is 0 Å². The van der Waals surface area contributed by atoms with Gasteiger partial charge < -0.3 is 5.73 Å². The topological polar surface area (TPSA) is 29.3 Å². The Hall–Kier alpha value is -0.290. The number of rotatable bonds is 5. The van der Waals surface area contributed by atoms with Gasteiger partial charge in [-0.3, -0.25) is 4.90 Å². The van der Waals surface area contributed by atoms with Gasteiger partial charge in [0.1, 0.15) is 0 Å². The van der Waals surface area contributed by atoms with E-state index in [2.05, 4.69) is 18.7 Å². The third kappa shape index (κ3) is 3.85. The van der Waals surface area contributed by atoms with E-state index in [1.165, 1.54) is 0 Å². The Morgan fingerprint density at radius 1 is 1.22 bits per heavy atom. The molecule has 1 heterocycles. The Labute approximate surface area is 108 Å². The molecule has 0 saturated carbocycles.